The molecule has 1 saturated heterocycles. The number of piperazine rings is 1. The molecule has 1 aromatic carbocycles. The first-order valence-electron chi connectivity index (χ1n) is 9.41. The van der Waals surface area contributed by atoms with Crippen LogP contribution in [-0.4, -0.2) is 43.5 Å². The lowest BCUT2D eigenvalue weighted by Gasteiger charge is -2.31. The van der Waals surface area contributed by atoms with Crippen molar-refractivity contribution in [1.82, 2.24) is 10.2 Å². The number of nitrogens with zero attached hydrogens (tertiary/aromatic N) is 2. The van der Waals surface area contributed by atoms with Crippen LogP contribution in [0, 0.1) is 0 Å². The molecule has 1 atom stereocenters. The Kier molecular flexibility index (Phi) is 5.52. The first-order valence-corrected chi connectivity index (χ1v) is 10.3. The second-order valence-corrected chi connectivity index (χ2v) is 8.09. The summed E-state index contributed by atoms with van der Waals surface area (Å²) in [6, 6.07) is 12.3. The van der Waals surface area contributed by atoms with E-state index in [1.54, 1.807) is 12.0 Å². The normalized spacial score (nSPS) is 21.1. The molecule has 3 aromatic rings. The van der Waals surface area contributed by atoms with E-state index in [2.05, 4.69) is 34.6 Å². The van der Waals surface area contributed by atoms with E-state index in [1.165, 1.54) is 22.9 Å². The molecule has 6 nitrogen and oxygen atoms in total. The molecule has 0 radical (unpaired) electrons. The van der Waals surface area contributed by atoms with E-state index in [-0.39, 0.29) is 6.04 Å². The van der Waals surface area contributed by atoms with E-state index in [0.717, 1.165) is 36.8 Å². The van der Waals surface area contributed by atoms with Gasteiger partial charge >= 0.3 is 0 Å². The lowest BCUT2D eigenvalue weighted by atomic mass is 10.2. The standard InChI is InChI=1S/C20H24N4O2S/c1-15(24-11-9-23(10-12-24)14-18-4-3-13-27-18)19-21-22-20(26-19)16-5-7-17(25-2)8-6-16/h3-8,13,15H,9-12,14H2,1-2H3/p+2/t15-/m1/s1. The molecule has 0 amide bonds. The van der Waals surface area contributed by atoms with Gasteiger partial charge < -0.3 is 19.0 Å². The smallest absolute Gasteiger partial charge is 0.274 e. The van der Waals surface area contributed by atoms with Crippen LogP contribution in [0.3, 0.4) is 0 Å². The Morgan fingerprint density at radius 1 is 1.11 bits per heavy atom. The van der Waals surface area contributed by atoms with Gasteiger partial charge in [-0.1, -0.05) is 6.07 Å². The Morgan fingerprint density at radius 3 is 2.56 bits per heavy atom. The quantitative estimate of drug-likeness (QED) is 0.660. The fraction of sp³-hybridized carbons (Fsp3) is 0.400. The molecule has 0 bridgehead atoms. The van der Waals surface area contributed by atoms with Crippen LogP contribution < -0.4 is 14.5 Å². The van der Waals surface area contributed by atoms with Crippen LogP contribution in [-0.2, 0) is 6.54 Å². The zero-order chi connectivity index (χ0) is 18.6. The van der Waals surface area contributed by atoms with Gasteiger partial charge in [-0.2, -0.15) is 0 Å². The predicted octanol–water partition coefficient (Wildman–Crippen LogP) is 0.851. The third-order valence-corrected chi connectivity index (χ3v) is 6.24. The number of rotatable bonds is 6. The highest BCUT2D eigenvalue weighted by molar-refractivity contribution is 7.09. The molecular weight excluding hydrogens is 360 g/mol. The van der Waals surface area contributed by atoms with E-state index < -0.39 is 0 Å². The summed E-state index contributed by atoms with van der Waals surface area (Å²) in [6.07, 6.45) is 0. The molecule has 0 spiro atoms. The van der Waals surface area contributed by atoms with Gasteiger partial charge in [0.15, 0.2) is 6.04 Å². The molecule has 2 aromatic heterocycles. The molecule has 0 saturated carbocycles. The summed E-state index contributed by atoms with van der Waals surface area (Å²) < 4.78 is 11.2. The largest absolute Gasteiger partial charge is 0.497 e. The number of ether oxygens (including phenoxy) is 1. The van der Waals surface area contributed by atoms with Gasteiger partial charge in [-0.15, -0.1) is 21.5 Å². The number of hydrogen-bond acceptors (Lipinski definition) is 5. The van der Waals surface area contributed by atoms with Crippen LogP contribution in [0.4, 0.5) is 0 Å². The minimum Gasteiger partial charge on any atom is -0.497 e. The Bertz CT molecular complexity index is 839. The highest BCUT2D eigenvalue weighted by Crippen LogP contribution is 2.22. The Morgan fingerprint density at radius 2 is 1.89 bits per heavy atom. The van der Waals surface area contributed by atoms with Crippen LogP contribution in [0.25, 0.3) is 11.5 Å². The highest BCUT2D eigenvalue weighted by atomic mass is 32.1. The third kappa shape index (κ3) is 4.21. The second kappa shape index (κ2) is 8.21. The van der Waals surface area contributed by atoms with Crippen molar-refractivity contribution in [3.05, 3.63) is 52.5 Å². The summed E-state index contributed by atoms with van der Waals surface area (Å²) in [6.45, 7) is 7.94. The maximum Gasteiger partial charge on any atom is 0.274 e. The minimum atomic E-state index is 0.216. The third-order valence-electron chi connectivity index (χ3n) is 5.36. The van der Waals surface area contributed by atoms with E-state index in [1.807, 2.05) is 35.6 Å². The van der Waals surface area contributed by atoms with Crippen molar-refractivity contribution in [2.75, 3.05) is 33.3 Å². The van der Waals surface area contributed by atoms with Crippen molar-refractivity contribution in [3.8, 4) is 17.2 Å². The summed E-state index contributed by atoms with van der Waals surface area (Å²) in [5, 5.41) is 10.7. The number of benzene rings is 1. The SMILES string of the molecule is COc1ccc(-c2nnc([C@@H](C)[NH+]3CC[NH+](Cc4cccs4)CC3)o2)cc1. The number of quaternary nitrogens is 2. The van der Waals surface area contributed by atoms with Gasteiger partial charge in [-0.25, -0.2) is 0 Å². The predicted molar refractivity (Wildman–Crippen MR) is 104 cm³/mol. The topological polar surface area (TPSA) is 57.0 Å². The van der Waals surface area contributed by atoms with Gasteiger partial charge in [0.25, 0.3) is 5.89 Å². The molecule has 2 N–H and O–H groups in total. The van der Waals surface area contributed by atoms with Crippen molar-refractivity contribution in [2.24, 2.45) is 0 Å². The van der Waals surface area contributed by atoms with Crippen molar-refractivity contribution in [3.63, 3.8) is 0 Å². The Balaban J connectivity index is 1.36. The van der Waals surface area contributed by atoms with E-state index in [9.17, 15) is 0 Å². The van der Waals surface area contributed by atoms with Crippen molar-refractivity contribution >= 4 is 11.3 Å². The maximum absolute atomic E-state index is 5.98. The molecule has 0 aliphatic carbocycles. The van der Waals surface area contributed by atoms with Crippen molar-refractivity contribution < 1.29 is 19.0 Å². The van der Waals surface area contributed by atoms with Gasteiger partial charge in [0.05, 0.1) is 12.0 Å². The maximum atomic E-state index is 5.98. The summed E-state index contributed by atoms with van der Waals surface area (Å²) in [5.74, 6) is 2.11. The van der Waals surface area contributed by atoms with E-state index in [0.29, 0.717) is 5.89 Å². The van der Waals surface area contributed by atoms with Crippen LogP contribution in [0.15, 0.2) is 46.2 Å². The number of aromatic nitrogens is 2. The summed E-state index contributed by atoms with van der Waals surface area (Å²) in [4.78, 5) is 4.66. The van der Waals surface area contributed by atoms with Gasteiger partial charge in [-0.3, -0.25) is 0 Å². The highest BCUT2D eigenvalue weighted by Gasteiger charge is 2.31. The van der Waals surface area contributed by atoms with Gasteiger partial charge in [0.2, 0.25) is 5.89 Å². The molecule has 0 unspecified atom stereocenters. The number of thiophene rings is 1. The lowest BCUT2D eigenvalue weighted by Crippen LogP contribution is -3.27. The van der Waals surface area contributed by atoms with Gasteiger partial charge in [0.1, 0.15) is 38.5 Å². The van der Waals surface area contributed by atoms with Crippen molar-refractivity contribution in [2.45, 2.75) is 19.5 Å². The van der Waals surface area contributed by atoms with E-state index in [4.69, 9.17) is 9.15 Å². The minimum absolute atomic E-state index is 0.216. The first-order chi connectivity index (χ1) is 13.2. The zero-order valence-corrected chi connectivity index (χ0v) is 16.6. The molecule has 4 rings (SSSR count). The van der Waals surface area contributed by atoms with Crippen LogP contribution in [0.5, 0.6) is 5.75 Å². The number of hydrogen-bond donors (Lipinski definition) is 2. The molecule has 7 heteroatoms. The average Bonchev–Trinajstić information content (AvgIpc) is 3.40. The molecule has 1 aliphatic rings. The summed E-state index contributed by atoms with van der Waals surface area (Å²) >= 11 is 1.85. The fourth-order valence-electron chi connectivity index (χ4n) is 3.63. The monoisotopic (exact) mass is 386 g/mol. The van der Waals surface area contributed by atoms with Crippen LogP contribution in [0.1, 0.15) is 23.7 Å². The fourth-order valence-corrected chi connectivity index (χ4v) is 4.40. The van der Waals surface area contributed by atoms with Gasteiger partial charge in [-0.05, 0) is 42.6 Å². The second-order valence-electron chi connectivity index (χ2n) is 7.06. The molecule has 27 heavy (non-hydrogen) atoms. The van der Waals surface area contributed by atoms with Gasteiger partial charge in [0, 0.05) is 5.56 Å². The Labute approximate surface area is 163 Å². The molecule has 1 fully saturated rings. The number of nitrogens with one attached hydrogen (secondary N) is 2. The molecular formula is C20H26N4O2S+2. The number of methoxy groups -OCH3 is 1. The summed E-state index contributed by atoms with van der Waals surface area (Å²) in [7, 11) is 1.66. The van der Waals surface area contributed by atoms with Crippen LogP contribution >= 0.6 is 11.3 Å². The van der Waals surface area contributed by atoms with E-state index >= 15 is 0 Å². The average molecular weight is 387 g/mol. The molecule has 3 heterocycles. The molecule has 142 valence electrons. The van der Waals surface area contributed by atoms with Crippen molar-refractivity contribution in [1.29, 1.82) is 0 Å². The zero-order valence-electron chi connectivity index (χ0n) is 15.8. The lowest BCUT2D eigenvalue weighted by molar-refractivity contribution is -1.03. The van der Waals surface area contributed by atoms with Crippen LogP contribution in [0.2, 0.25) is 0 Å². The molecule has 1 aliphatic heterocycles. The Hall–Kier alpha value is -2.22. The first kappa shape index (κ1) is 18.2. The summed E-state index contributed by atoms with van der Waals surface area (Å²) in [5.41, 5.74) is 0.918.